The molecule has 1 atom stereocenters. The number of aliphatic imine (C=N–C) groups is 1. The summed E-state index contributed by atoms with van der Waals surface area (Å²) >= 11 is 0. The van der Waals surface area contributed by atoms with E-state index in [0.29, 0.717) is 19.0 Å². The fraction of sp³-hybridized carbons (Fsp3) is 0.905. The van der Waals surface area contributed by atoms with E-state index in [1.165, 1.54) is 32.1 Å². The molecule has 1 saturated carbocycles. The van der Waals surface area contributed by atoms with Gasteiger partial charge in [0.15, 0.2) is 5.96 Å². The lowest BCUT2D eigenvalue weighted by Gasteiger charge is -2.33. The van der Waals surface area contributed by atoms with Crippen LogP contribution in [0.2, 0.25) is 0 Å². The van der Waals surface area contributed by atoms with Crippen LogP contribution in [0.15, 0.2) is 4.99 Å². The molecule has 0 radical (unpaired) electrons. The second-order valence-corrected chi connectivity index (χ2v) is 8.25. The van der Waals surface area contributed by atoms with E-state index in [9.17, 15) is 4.79 Å². The van der Waals surface area contributed by atoms with Crippen LogP contribution in [0.4, 0.5) is 0 Å². The highest BCUT2D eigenvalue weighted by molar-refractivity contribution is 14.0. The number of likely N-dealkylation sites (tertiary alicyclic amines) is 1. The Hall–Kier alpha value is -0.570. The van der Waals surface area contributed by atoms with Crippen LogP contribution in [0.5, 0.6) is 0 Å². The lowest BCUT2D eigenvalue weighted by molar-refractivity contribution is -0.134. The van der Waals surface area contributed by atoms with E-state index in [1.54, 1.807) is 7.11 Å². The van der Waals surface area contributed by atoms with Gasteiger partial charge in [0, 0.05) is 52.4 Å². The first-order valence-corrected chi connectivity index (χ1v) is 10.9. The molecule has 0 spiro atoms. The number of piperidine rings is 1. The molecule has 2 rings (SSSR count). The van der Waals surface area contributed by atoms with E-state index in [4.69, 9.17) is 9.73 Å². The normalized spacial score (nSPS) is 21.9. The summed E-state index contributed by atoms with van der Waals surface area (Å²) in [6, 6.07) is 0.385. The Bertz CT molecular complexity index is 481. The van der Waals surface area contributed by atoms with Crippen molar-refractivity contribution in [2.45, 2.75) is 77.7 Å². The third-order valence-corrected chi connectivity index (χ3v) is 6.17. The average molecular weight is 508 g/mol. The monoisotopic (exact) mass is 508 g/mol. The third-order valence-electron chi connectivity index (χ3n) is 6.17. The van der Waals surface area contributed by atoms with Crippen LogP contribution in [-0.4, -0.2) is 62.7 Å². The van der Waals surface area contributed by atoms with Gasteiger partial charge >= 0.3 is 0 Å². The van der Waals surface area contributed by atoms with Crippen molar-refractivity contribution in [3.63, 3.8) is 0 Å². The number of rotatable bonds is 9. The van der Waals surface area contributed by atoms with Gasteiger partial charge in [-0.3, -0.25) is 9.79 Å². The van der Waals surface area contributed by atoms with Crippen molar-refractivity contribution in [3.05, 3.63) is 0 Å². The molecule has 1 heterocycles. The van der Waals surface area contributed by atoms with Crippen LogP contribution in [0, 0.1) is 5.41 Å². The molecule has 28 heavy (non-hydrogen) atoms. The molecule has 0 aromatic carbocycles. The lowest BCUT2D eigenvalue weighted by Crippen LogP contribution is -2.44. The second-order valence-electron chi connectivity index (χ2n) is 8.25. The number of ether oxygens (including phenoxy) is 1. The molecule has 6 nitrogen and oxygen atoms in total. The fourth-order valence-corrected chi connectivity index (χ4v) is 4.42. The van der Waals surface area contributed by atoms with Crippen molar-refractivity contribution in [2.75, 3.05) is 39.9 Å². The Kier molecular flexibility index (Phi) is 12.4. The van der Waals surface area contributed by atoms with Crippen molar-refractivity contribution in [3.8, 4) is 0 Å². The van der Waals surface area contributed by atoms with E-state index in [2.05, 4.69) is 24.5 Å². The molecule has 2 aliphatic rings. The summed E-state index contributed by atoms with van der Waals surface area (Å²) < 4.78 is 5.32. The summed E-state index contributed by atoms with van der Waals surface area (Å²) in [6.45, 7) is 8.26. The molecule has 1 aliphatic carbocycles. The molecule has 1 unspecified atom stereocenters. The Morgan fingerprint density at radius 1 is 1.21 bits per heavy atom. The molecule has 1 amide bonds. The number of guanidine groups is 1. The van der Waals surface area contributed by atoms with Crippen molar-refractivity contribution < 1.29 is 9.53 Å². The molecule has 0 bridgehead atoms. The molecule has 1 saturated heterocycles. The van der Waals surface area contributed by atoms with Crippen molar-refractivity contribution in [1.29, 1.82) is 0 Å². The molecule has 0 aromatic heterocycles. The van der Waals surface area contributed by atoms with Gasteiger partial charge in [-0.05, 0) is 57.8 Å². The van der Waals surface area contributed by atoms with Gasteiger partial charge in [-0.15, -0.1) is 24.0 Å². The van der Waals surface area contributed by atoms with Gasteiger partial charge in [0.1, 0.15) is 0 Å². The van der Waals surface area contributed by atoms with Gasteiger partial charge in [0.25, 0.3) is 0 Å². The van der Waals surface area contributed by atoms with Crippen LogP contribution in [0.1, 0.15) is 71.6 Å². The Morgan fingerprint density at radius 3 is 2.61 bits per heavy atom. The number of carbonyl (C=O) groups excluding carboxylic acids is 1. The maximum absolute atomic E-state index is 12.5. The van der Waals surface area contributed by atoms with Gasteiger partial charge in [0.2, 0.25) is 5.91 Å². The largest absolute Gasteiger partial charge is 0.385 e. The minimum atomic E-state index is 0. The molecule has 2 fully saturated rings. The predicted octanol–water partition coefficient (Wildman–Crippen LogP) is 3.55. The summed E-state index contributed by atoms with van der Waals surface area (Å²) in [5.41, 5.74) is 0.289. The number of halogens is 1. The number of carbonyl (C=O) groups is 1. The molecule has 0 aromatic rings. The number of hydrogen-bond donors (Lipinski definition) is 2. The van der Waals surface area contributed by atoms with E-state index in [1.807, 2.05) is 4.90 Å². The van der Waals surface area contributed by atoms with Gasteiger partial charge in [0.05, 0.1) is 0 Å². The first-order chi connectivity index (χ1) is 13.1. The Balaban J connectivity index is 0.00000392. The van der Waals surface area contributed by atoms with Crippen LogP contribution in [0.25, 0.3) is 0 Å². The summed E-state index contributed by atoms with van der Waals surface area (Å²) in [7, 11) is 1.78. The first-order valence-electron chi connectivity index (χ1n) is 10.9. The Morgan fingerprint density at radius 2 is 1.96 bits per heavy atom. The molecule has 7 heteroatoms. The maximum Gasteiger partial charge on any atom is 0.224 e. The molecule has 1 aliphatic heterocycles. The summed E-state index contributed by atoms with van der Waals surface area (Å²) in [5.74, 6) is 1.10. The zero-order chi connectivity index (χ0) is 19.5. The summed E-state index contributed by atoms with van der Waals surface area (Å²) in [5, 5.41) is 6.69. The quantitative estimate of drug-likeness (QED) is 0.284. The summed E-state index contributed by atoms with van der Waals surface area (Å²) in [4.78, 5) is 19.4. The van der Waals surface area contributed by atoms with E-state index >= 15 is 0 Å². The van der Waals surface area contributed by atoms with Crippen molar-refractivity contribution in [2.24, 2.45) is 10.4 Å². The molecular formula is C21H41IN4O2. The number of methoxy groups -OCH3 is 1. The van der Waals surface area contributed by atoms with Crippen molar-refractivity contribution >= 4 is 35.8 Å². The number of hydrogen-bond acceptors (Lipinski definition) is 3. The fourth-order valence-electron chi connectivity index (χ4n) is 4.42. The van der Waals surface area contributed by atoms with E-state index in [0.717, 1.165) is 51.5 Å². The standard InChI is InChI=1S/C21H40N4O2.HI/c1-4-22-20(24-17-21(13-16-27-3)11-6-7-12-21)23-14-10-19(26)25-15-8-5-9-18(25)2;/h18H,4-17H2,1-3H3,(H2,22,23,24);1H. The van der Waals surface area contributed by atoms with E-state index < -0.39 is 0 Å². The van der Waals surface area contributed by atoms with Crippen LogP contribution in [0.3, 0.4) is 0 Å². The minimum absolute atomic E-state index is 0. The second kappa shape index (κ2) is 13.6. The van der Waals surface area contributed by atoms with Crippen LogP contribution >= 0.6 is 24.0 Å². The first kappa shape index (κ1) is 25.5. The molecular weight excluding hydrogens is 467 g/mol. The van der Waals surface area contributed by atoms with Crippen LogP contribution < -0.4 is 10.6 Å². The highest BCUT2D eigenvalue weighted by atomic mass is 127. The SMILES string of the molecule is CCNC(=NCC1(CCOC)CCCC1)NCCC(=O)N1CCCCC1C.I. The number of nitrogens with one attached hydrogen (secondary N) is 2. The molecule has 2 N–H and O–H groups in total. The van der Waals surface area contributed by atoms with Gasteiger partial charge in [-0.1, -0.05) is 12.8 Å². The lowest BCUT2D eigenvalue weighted by atomic mass is 9.83. The molecule has 164 valence electrons. The zero-order valence-electron chi connectivity index (χ0n) is 18.1. The highest BCUT2D eigenvalue weighted by Crippen LogP contribution is 2.41. The van der Waals surface area contributed by atoms with Gasteiger partial charge in [-0.25, -0.2) is 0 Å². The maximum atomic E-state index is 12.5. The predicted molar refractivity (Wildman–Crippen MR) is 126 cm³/mol. The Labute approximate surface area is 188 Å². The van der Waals surface area contributed by atoms with Crippen LogP contribution in [-0.2, 0) is 9.53 Å². The van der Waals surface area contributed by atoms with Gasteiger partial charge in [-0.2, -0.15) is 0 Å². The third kappa shape index (κ3) is 8.05. The minimum Gasteiger partial charge on any atom is -0.385 e. The number of amides is 1. The van der Waals surface area contributed by atoms with E-state index in [-0.39, 0.29) is 35.3 Å². The smallest absolute Gasteiger partial charge is 0.224 e. The number of nitrogens with zero attached hydrogens (tertiary/aromatic N) is 2. The van der Waals surface area contributed by atoms with Gasteiger partial charge < -0.3 is 20.3 Å². The summed E-state index contributed by atoms with van der Waals surface area (Å²) in [6.07, 6.45) is 10.2. The topological polar surface area (TPSA) is 66.0 Å². The highest BCUT2D eigenvalue weighted by Gasteiger charge is 2.33. The van der Waals surface area contributed by atoms with Crippen molar-refractivity contribution in [1.82, 2.24) is 15.5 Å². The average Bonchev–Trinajstić information content (AvgIpc) is 3.14. The zero-order valence-corrected chi connectivity index (χ0v) is 20.4.